The molecule has 0 bridgehead atoms. The van der Waals surface area contributed by atoms with E-state index in [2.05, 4.69) is 4.72 Å². The number of nitrogens with zero attached hydrogens (tertiary/aromatic N) is 1. The minimum Gasteiger partial charge on any atom is -0.490 e. The van der Waals surface area contributed by atoms with Crippen LogP contribution in [0.1, 0.15) is 55.1 Å². The molecule has 4 rings (SSSR count). The second-order valence-electron chi connectivity index (χ2n) is 8.22. The first kappa shape index (κ1) is 21.6. The molecular formula is C23H28N2O5S. The number of hydrogen-bond acceptors (Lipinski definition) is 5. The number of hydrogen-bond donors (Lipinski definition) is 1. The minimum absolute atomic E-state index is 0.0845. The second kappa shape index (κ2) is 8.88. The van der Waals surface area contributed by atoms with Crippen LogP contribution in [0.25, 0.3) is 0 Å². The lowest BCUT2D eigenvalue weighted by Crippen LogP contribution is -2.32. The molecule has 1 amide bonds. The summed E-state index contributed by atoms with van der Waals surface area (Å²) in [5, 5.41) is 0. The Morgan fingerprint density at radius 1 is 1.06 bits per heavy atom. The fourth-order valence-electron chi connectivity index (χ4n) is 4.08. The van der Waals surface area contributed by atoms with Crippen LogP contribution in [0, 0.1) is 0 Å². The molecule has 1 N–H and O–H groups in total. The Hall–Kier alpha value is -2.58. The Balaban J connectivity index is 1.59. The van der Waals surface area contributed by atoms with E-state index in [9.17, 15) is 13.2 Å². The van der Waals surface area contributed by atoms with Crippen LogP contribution in [0.4, 0.5) is 0 Å². The molecule has 2 aliphatic heterocycles. The first-order chi connectivity index (χ1) is 14.8. The first-order valence-corrected chi connectivity index (χ1v) is 12.2. The van der Waals surface area contributed by atoms with Crippen LogP contribution >= 0.6 is 0 Å². The summed E-state index contributed by atoms with van der Waals surface area (Å²) in [4.78, 5) is 15.2. The van der Waals surface area contributed by atoms with Gasteiger partial charge in [-0.3, -0.25) is 4.79 Å². The van der Waals surface area contributed by atoms with Gasteiger partial charge in [-0.2, -0.15) is 0 Å². The maximum atomic E-state index is 13.3. The van der Waals surface area contributed by atoms with Gasteiger partial charge in [0.05, 0.1) is 24.2 Å². The zero-order chi connectivity index (χ0) is 22.0. The zero-order valence-corrected chi connectivity index (χ0v) is 18.7. The van der Waals surface area contributed by atoms with E-state index in [-0.39, 0.29) is 22.9 Å². The number of ether oxygens (including phenoxy) is 2. The molecule has 1 fully saturated rings. The molecule has 0 aliphatic carbocycles. The molecule has 0 saturated carbocycles. The SMILES string of the molecule is CC(C)NS(=O)(=O)c1cccc(C(=O)N2CCC[C@@H]2c2ccc3c(c2)OCCCO3)c1. The predicted molar refractivity (Wildman–Crippen MR) is 117 cm³/mol. The summed E-state index contributed by atoms with van der Waals surface area (Å²) < 4.78 is 39.1. The number of sulfonamides is 1. The number of benzene rings is 2. The van der Waals surface area contributed by atoms with Crippen molar-refractivity contribution in [2.75, 3.05) is 19.8 Å². The van der Waals surface area contributed by atoms with Crippen molar-refractivity contribution in [3.8, 4) is 11.5 Å². The molecule has 1 atom stereocenters. The molecule has 0 unspecified atom stereocenters. The van der Waals surface area contributed by atoms with Crippen molar-refractivity contribution < 1.29 is 22.7 Å². The molecule has 0 radical (unpaired) electrons. The van der Waals surface area contributed by atoms with E-state index >= 15 is 0 Å². The van der Waals surface area contributed by atoms with Crippen molar-refractivity contribution in [2.24, 2.45) is 0 Å². The smallest absolute Gasteiger partial charge is 0.254 e. The lowest BCUT2D eigenvalue weighted by Gasteiger charge is -2.26. The molecule has 1 saturated heterocycles. The Morgan fingerprint density at radius 2 is 1.84 bits per heavy atom. The summed E-state index contributed by atoms with van der Waals surface area (Å²) in [6, 6.07) is 11.8. The number of rotatable bonds is 5. The second-order valence-corrected chi connectivity index (χ2v) is 9.93. The lowest BCUT2D eigenvalue weighted by molar-refractivity contribution is 0.0735. The molecule has 0 spiro atoms. The Labute approximate surface area is 183 Å². The van der Waals surface area contributed by atoms with Gasteiger partial charge < -0.3 is 14.4 Å². The molecule has 2 heterocycles. The number of fused-ring (bicyclic) bond motifs is 1. The van der Waals surface area contributed by atoms with Crippen LogP contribution in [0.5, 0.6) is 11.5 Å². The summed E-state index contributed by atoms with van der Waals surface area (Å²) in [5.74, 6) is 1.27. The Morgan fingerprint density at radius 3 is 2.61 bits per heavy atom. The van der Waals surface area contributed by atoms with Gasteiger partial charge >= 0.3 is 0 Å². The van der Waals surface area contributed by atoms with E-state index in [0.29, 0.717) is 31.1 Å². The molecule has 31 heavy (non-hydrogen) atoms. The van der Waals surface area contributed by atoms with Crippen LogP contribution < -0.4 is 14.2 Å². The number of likely N-dealkylation sites (tertiary alicyclic amines) is 1. The highest BCUT2D eigenvalue weighted by Crippen LogP contribution is 2.38. The molecule has 166 valence electrons. The number of carbonyl (C=O) groups is 1. The normalized spacial score (nSPS) is 18.8. The number of carbonyl (C=O) groups excluding carboxylic acids is 1. The van der Waals surface area contributed by atoms with E-state index in [0.717, 1.165) is 30.6 Å². The highest BCUT2D eigenvalue weighted by atomic mass is 32.2. The fraction of sp³-hybridized carbons (Fsp3) is 0.435. The highest BCUT2D eigenvalue weighted by Gasteiger charge is 2.32. The highest BCUT2D eigenvalue weighted by molar-refractivity contribution is 7.89. The maximum Gasteiger partial charge on any atom is 0.254 e. The van der Waals surface area contributed by atoms with E-state index < -0.39 is 10.0 Å². The van der Waals surface area contributed by atoms with Crippen molar-refractivity contribution in [2.45, 2.75) is 50.1 Å². The molecule has 8 heteroatoms. The summed E-state index contributed by atoms with van der Waals surface area (Å²) in [6.45, 7) is 5.38. The van der Waals surface area contributed by atoms with Gasteiger partial charge in [-0.25, -0.2) is 13.1 Å². The van der Waals surface area contributed by atoms with Gasteiger partial charge in [0, 0.05) is 24.6 Å². The summed E-state index contributed by atoms with van der Waals surface area (Å²) >= 11 is 0. The Kier molecular flexibility index (Phi) is 6.20. The van der Waals surface area contributed by atoms with Crippen molar-refractivity contribution in [3.63, 3.8) is 0 Å². The third-order valence-corrected chi connectivity index (χ3v) is 7.11. The minimum atomic E-state index is -3.67. The van der Waals surface area contributed by atoms with Gasteiger partial charge in [-0.1, -0.05) is 12.1 Å². The predicted octanol–water partition coefficient (Wildman–Crippen LogP) is 3.51. The summed E-state index contributed by atoms with van der Waals surface area (Å²) in [6.07, 6.45) is 2.57. The van der Waals surface area contributed by atoms with Crippen LogP contribution in [-0.4, -0.2) is 45.0 Å². The van der Waals surface area contributed by atoms with Crippen LogP contribution in [0.3, 0.4) is 0 Å². The van der Waals surface area contributed by atoms with Crippen molar-refractivity contribution in [1.29, 1.82) is 0 Å². The first-order valence-electron chi connectivity index (χ1n) is 10.7. The standard InChI is InChI=1S/C23H28N2O5S/c1-16(2)24-31(27,28)19-7-3-6-18(14-19)23(26)25-11-4-8-20(25)17-9-10-21-22(15-17)30-13-5-12-29-21/h3,6-7,9-10,14-16,20,24H,4-5,8,11-13H2,1-2H3/t20-/m1/s1. The maximum absolute atomic E-state index is 13.3. The van der Waals surface area contributed by atoms with Gasteiger partial charge in [0.1, 0.15) is 0 Å². The molecule has 0 aromatic heterocycles. The lowest BCUT2D eigenvalue weighted by atomic mass is 10.0. The van der Waals surface area contributed by atoms with Gasteiger partial charge in [0.2, 0.25) is 10.0 Å². The van der Waals surface area contributed by atoms with E-state index in [4.69, 9.17) is 9.47 Å². The third kappa shape index (κ3) is 4.70. The monoisotopic (exact) mass is 444 g/mol. The van der Waals surface area contributed by atoms with E-state index in [1.165, 1.54) is 12.1 Å². The van der Waals surface area contributed by atoms with E-state index in [1.807, 2.05) is 23.1 Å². The largest absolute Gasteiger partial charge is 0.490 e. The third-order valence-electron chi connectivity index (χ3n) is 5.45. The molecule has 2 aliphatic rings. The van der Waals surface area contributed by atoms with Crippen molar-refractivity contribution in [3.05, 3.63) is 53.6 Å². The molecule has 2 aromatic rings. The van der Waals surface area contributed by atoms with E-state index in [1.54, 1.807) is 26.0 Å². The Bertz CT molecular complexity index is 1070. The fourth-order valence-corrected chi connectivity index (χ4v) is 5.38. The van der Waals surface area contributed by atoms with Crippen LogP contribution in [-0.2, 0) is 10.0 Å². The number of amides is 1. The summed E-state index contributed by atoms with van der Waals surface area (Å²) in [7, 11) is -3.67. The van der Waals surface area contributed by atoms with Gasteiger partial charge in [0.25, 0.3) is 5.91 Å². The van der Waals surface area contributed by atoms with Crippen molar-refractivity contribution in [1.82, 2.24) is 9.62 Å². The topological polar surface area (TPSA) is 84.9 Å². The quantitative estimate of drug-likeness (QED) is 0.763. The van der Waals surface area contributed by atoms with Gasteiger partial charge in [-0.15, -0.1) is 0 Å². The average Bonchev–Trinajstić information content (AvgIpc) is 3.11. The van der Waals surface area contributed by atoms with Gasteiger partial charge in [-0.05, 0) is 62.6 Å². The number of nitrogens with one attached hydrogen (secondary N) is 1. The zero-order valence-electron chi connectivity index (χ0n) is 17.8. The van der Waals surface area contributed by atoms with Gasteiger partial charge in [0.15, 0.2) is 11.5 Å². The molecule has 7 nitrogen and oxygen atoms in total. The molecular weight excluding hydrogens is 416 g/mol. The van der Waals surface area contributed by atoms with Crippen LogP contribution in [0.2, 0.25) is 0 Å². The van der Waals surface area contributed by atoms with Crippen molar-refractivity contribution >= 4 is 15.9 Å². The average molecular weight is 445 g/mol. The van der Waals surface area contributed by atoms with Crippen LogP contribution in [0.15, 0.2) is 47.4 Å². The summed E-state index contributed by atoms with van der Waals surface area (Å²) in [5.41, 5.74) is 1.37. The molecule has 2 aromatic carbocycles.